The second kappa shape index (κ2) is 6.61. The van der Waals surface area contributed by atoms with Gasteiger partial charge in [0.15, 0.2) is 0 Å². The fourth-order valence-corrected chi connectivity index (χ4v) is 2.42. The summed E-state index contributed by atoms with van der Waals surface area (Å²) in [5.74, 6) is 1.43. The molecular formula is C16H17BrClNO. The van der Waals surface area contributed by atoms with Gasteiger partial charge in [-0.15, -0.1) is 0 Å². The predicted molar refractivity (Wildman–Crippen MR) is 87.8 cm³/mol. The quantitative estimate of drug-likeness (QED) is 0.829. The van der Waals surface area contributed by atoms with Crippen molar-refractivity contribution in [1.82, 2.24) is 0 Å². The summed E-state index contributed by atoms with van der Waals surface area (Å²) in [5, 5.41) is 0.601. The standard InChI is InChI=1S/C16H17BrClNO/c1-10-7-13(4-5-14(10)17)20-16-6-3-12(8-11(2)19)9-15(16)18/h3-7,9,11H,8,19H2,1-2H3. The lowest BCUT2D eigenvalue weighted by Crippen LogP contribution is -2.17. The average molecular weight is 355 g/mol. The molecule has 2 aromatic carbocycles. The Morgan fingerprint density at radius 2 is 2.00 bits per heavy atom. The van der Waals surface area contributed by atoms with Crippen molar-refractivity contribution in [2.24, 2.45) is 5.73 Å². The lowest BCUT2D eigenvalue weighted by Gasteiger charge is -2.11. The fraction of sp³-hybridized carbons (Fsp3) is 0.250. The highest BCUT2D eigenvalue weighted by atomic mass is 79.9. The van der Waals surface area contributed by atoms with E-state index < -0.39 is 0 Å². The molecule has 0 spiro atoms. The summed E-state index contributed by atoms with van der Waals surface area (Å²) in [7, 11) is 0. The van der Waals surface area contributed by atoms with Gasteiger partial charge in [0.25, 0.3) is 0 Å². The molecule has 0 saturated carbocycles. The minimum Gasteiger partial charge on any atom is -0.456 e. The topological polar surface area (TPSA) is 35.2 Å². The van der Waals surface area contributed by atoms with Gasteiger partial charge in [-0.3, -0.25) is 0 Å². The van der Waals surface area contributed by atoms with Gasteiger partial charge in [0.2, 0.25) is 0 Å². The lowest BCUT2D eigenvalue weighted by atomic mass is 10.1. The van der Waals surface area contributed by atoms with E-state index in [1.54, 1.807) is 0 Å². The molecule has 0 fully saturated rings. The number of aryl methyl sites for hydroxylation is 1. The Morgan fingerprint density at radius 1 is 1.25 bits per heavy atom. The Labute approximate surface area is 133 Å². The molecule has 1 atom stereocenters. The van der Waals surface area contributed by atoms with E-state index in [4.69, 9.17) is 22.1 Å². The third kappa shape index (κ3) is 3.98. The Balaban J connectivity index is 2.19. The van der Waals surface area contributed by atoms with E-state index in [9.17, 15) is 0 Å². The predicted octanol–water partition coefficient (Wildman–Crippen LogP) is 5.09. The minimum atomic E-state index is 0.118. The third-order valence-corrected chi connectivity index (χ3v) is 4.10. The molecule has 0 aliphatic carbocycles. The molecule has 0 saturated heterocycles. The van der Waals surface area contributed by atoms with Gasteiger partial charge >= 0.3 is 0 Å². The molecule has 2 rings (SSSR count). The molecule has 1 unspecified atom stereocenters. The monoisotopic (exact) mass is 353 g/mol. The van der Waals surface area contributed by atoms with Crippen LogP contribution < -0.4 is 10.5 Å². The van der Waals surface area contributed by atoms with Gasteiger partial charge in [0.05, 0.1) is 5.02 Å². The Hall–Kier alpha value is -1.03. The zero-order valence-electron chi connectivity index (χ0n) is 11.5. The maximum atomic E-state index is 6.26. The van der Waals surface area contributed by atoms with Crippen LogP contribution in [0.15, 0.2) is 40.9 Å². The van der Waals surface area contributed by atoms with Crippen molar-refractivity contribution >= 4 is 27.5 Å². The van der Waals surface area contributed by atoms with E-state index in [0.717, 1.165) is 27.8 Å². The van der Waals surface area contributed by atoms with Gasteiger partial charge in [-0.25, -0.2) is 0 Å². The minimum absolute atomic E-state index is 0.118. The van der Waals surface area contributed by atoms with Crippen LogP contribution in [0.25, 0.3) is 0 Å². The van der Waals surface area contributed by atoms with Crippen LogP contribution in [-0.4, -0.2) is 6.04 Å². The number of halogens is 2. The molecule has 0 heterocycles. The molecule has 2 nitrogen and oxygen atoms in total. The number of hydrogen-bond donors (Lipinski definition) is 1. The summed E-state index contributed by atoms with van der Waals surface area (Å²) < 4.78 is 6.88. The zero-order valence-corrected chi connectivity index (χ0v) is 13.8. The van der Waals surface area contributed by atoms with Crippen LogP contribution in [0.4, 0.5) is 0 Å². The summed E-state index contributed by atoms with van der Waals surface area (Å²) in [6, 6.07) is 11.7. The van der Waals surface area contributed by atoms with Gasteiger partial charge in [-0.05, 0) is 61.7 Å². The molecule has 0 amide bonds. The van der Waals surface area contributed by atoms with E-state index in [1.165, 1.54) is 0 Å². The van der Waals surface area contributed by atoms with Gasteiger partial charge in [0.1, 0.15) is 11.5 Å². The SMILES string of the molecule is Cc1cc(Oc2ccc(CC(C)N)cc2Cl)ccc1Br. The van der Waals surface area contributed by atoms with E-state index in [1.807, 2.05) is 50.2 Å². The van der Waals surface area contributed by atoms with Crippen LogP contribution in [0, 0.1) is 6.92 Å². The highest BCUT2D eigenvalue weighted by Crippen LogP contribution is 2.32. The first-order valence-corrected chi connectivity index (χ1v) is 7.61. The van der Waals surface area contributed by atoms with Crippen molar-refractivity contribution in [3.8, 4) is 11.5 Å². The van der Waals surface area contributed by atoms with E-state index in [2.05, 4.69) is 15.9 Å². The summed E-state index contributed by atoms with van der Waals surface area (Å²) >= 11 is 9.73. The largest absolute Gasteiger partial charge is 0.456 e. The first-order valence-electron chi connectivity index (χ1n) is 6.43. The summed E-state index contributed by atoms with van der Waals surface area (Å²) in [6.45, 7) is 3.99. The highest BCUT2D eigenvalue weighted by molar-refractivity contribution is 9.10. The van der Waals surface area contributed by atoms with E-state index >= 15 is 0 Å². The summed E-state index contributed by atoms with van der Waals surface area (Å²) in [4.78, 5) is 0. The molecule has 0 bridgehead atoms. The van der Waals surface area contributed by atoms with Crippen LogP contribution in [0.2, 0.25) is 5.02 Å². The number of rotatable bonds is 4. The lowest BCUT2D eigenvalue weighted by molar-refractivity contribution is 0.482. The van der Waals surface area contributed by atoms with Crippen molar-refractivity contribution in [3.63, 3.8) is 0 Å². The summed E-state index contributed by atoms with van der Waals surface area (Å²) in [5.41, 5.74) is 8.02. The second-order valence-electron chi connectivity index (χ2n) is 4.96. The molecule has 0 aromatic heterocycles. The molecule has 0 radical (unpaired) electrons. The van der Waals surface area contributed by atoms with Crippen LogP contribution in [0.1, 0.15) is 18.1 Å². The number of hydrogen-bond acceptors (Lipinski definition) is 2. The van der Waals surface area contributed by atoms with Gasteiger partial charge < -0.3 is 10.5 Å². The molecule has 0 aliphatic rings. The van der Waals surface area contributed by atoms with Gasteiger partial charge in [-0.1, -0.05) is 33.6 Å². The normalized spacial score (nSPS) is 12.2. The van der Waals surface area contributed by atoms with Gasteiger partial charge in [0, 0.05) is 10.5 Å². The smallest absolute Gasteiger partial charge is 0.146 e. The van der Waals surface area contributed by atoms with Crippen molar-refractivity contribution in [2.75, 3.05) is 0 Å². The van der Waals surface area contributed by atoms with Crippen LogP contribution in [-0.2, 0) is 6.42 Å². The molecule has 2 N–H and O–H groups in total. The van der Waals surface area contributed by atoms with E-state index in [0.29, 0.717) is 10.8 Å². The molecule has 4 heteroatoms. The van der Waals surface area contributed by atoms with Crippen LogP contribution >= 0.6 is 27.5 Å². The van der Waals surface area contributed by atoms with Crippen molar-refractivity contribution < 1.29 is 4.74 Å². The Bertz CT molecular complexity index is 613. The third-order valence-electron chi connectivity index (χ3n) is 2.91. The van der Waals surface area contributed by atoms with E-state index in [-0.39, 0.29) is 6.04 Å². The first-order chi connectivity index (χ1) is 9.45. The maximum Gasteiger partial charge on any atom is 0.146 e. The van der Waals surface area contributed by atoms with Gasteiger partial charge in [-0.2, -0.15) is 0 Å². The number of benzene rings is 2. The number of nitrogens with two attached hydrogens (primary N) is 1. The van der Waals surface area contributed by atoms with Crippen LogP contribution in [0.5, 0.6) is 11.5 Å². The molecule has 0 aliphatic heterocycles. The maximum absolute atomic E-state index is 6.26. The van der Waals surface area contributed by atoms with Crippen molar-refractivity contribution in [1.29, 1.82) is 0 Å². The second-order valence-corrected chi connectivity index (χ2v) is 6.22. The summed E-state index contributed by atoms with van der Waals surface area (Å²) in [6.07, 6.45) is 0.803. The van der Waals surface area contributed by atoms with Crippen molar-refractivity contribution in [2.45, 2.75) is 26.3 Å². The molecule has 20 heavy (non-hydrogen) atoms. The Kier molecular flexibility index (Phi) is 5.08. The molecule has 106 valence electrons. The average Bonchev–Trinajstić information content (AvgIpc) is 2.36. The number of ether oxygens (including phenoxy) is 1. The Morgan fingerprint density at radius 3 is 2.60 bits per heavy atom. The fourth-order valence-electron chi connectivity index (χ4n) is 1.93. The van der Waals surface area contributed by atoms with Crippen LogP contribution in [0.3, 0.4) is 0 Å². The molecular weight excluding hydrogens is 338 g/mol. The zero-order chi connectivity index (χ0) is 14.7. The molecule has 2 aromatic rings. The first kappa shape index (κ1) is 15.4. The highest BCUT2D eigenvalue weighted by Gasteiger charge is 2.07. The van der Waals surface area contributed by atoms with Crippen molar-refractivity contribution in [3.05, 3.63) is 57.0 Å².